The summed E-state index contributed by atoms with van der Waals surface area (Å²) in [4.78, 5) is 13.4. The summed E-state index contributed by atoms with van der Waals surface area (Å²) in [6, 6.07) is 3.90. The number of hydrogen-bond acceptors (Lipinski definition) is 3. The van der Waals surface area contributed by atoms with Gasteiger partial charge in [0.1, 0.15) is 0 Å². The summed E-state index contributed by atoms with van der Waals surface area (Å²) >= 11 is 1.56. The number of rotatable bonds is 4. The Morgan fingerprint density at radius 2 is 2.22 bits per heavy atom. The van der Waals surface area contributed by atoms with Crippen molar-refractivity contribution in [3.63, 3.8) is 0 Å². The number of aryl methyl sites for hydroxylation is 1. The van der Waals surface area contributed by atoms with Crippen molar-refractivity contribution < 1.29 is 15.0 Å². The van der Waals surface area contributed by atoms with Crippen molar-refractivity contribution in [2.24, 2.45) is 17.8 Å². The largest absolute Gasteiger partial charge is 0.481 e. The number of aliphatic carboxylic acids is 1. The Labute approximate surface area is 111 Å². The molecule has 4 atom stereocenters. The SMILES string of the molecule is CCC1CC(C(=O)O)C(C(O)c2ccc(C)s2)C1. The second-order valence-corrected chi connectivity index (χ2v) is 6.57. The predicted octanol–water partition coefficient (Wildman–Crippen LogP) is 3.23. The van der Waals surface area contributed by atoms with Crippen molar-refractivity contribution in [2.75, 3.05) is 0 Å². The topological polar surface area (TPSA) is 57.5 Å². The molecule has 100 valence electrons. The van der Waals surface area contributed by atoms with Crippen molar-refractivity contribution in [3.05, 3.63) is 21.9 Å². The molecule has 1 saturated carbocycles. The molecule has 1 aliphatic rings. The van der Waals surface area contributed by atoms with Crippen LogP contribution in [-0.4, -0.2) is 16.2 Å². The van der Waals surface area contributed by atoms with Gasteiger partial charge in [-0.25, -0.2) is 0 Å². The molecule has 3 nitrogen and oxygen atoms in total. The first-order valence-corrected chi connectivity index (χ1v) is 7.31. The maximum Gasteiger partial charge on any atom is 0.306 e. The van der Waals surface area contributed by atoms with Gasteiger partial charge in [-0.1, -0.05) is 13.3 Å². The number of aliphatic hydroxyl groups is 1. The molecule has 0 amide bonds. The van der Waals surface area contributed by atoms with Gasteiger partial charge in [-0.2, -0.15) is 0 Å². The molecule has 4 heteroatoms. The smallest absolute Gasteiger partial charge is 0.306 e. The van der Waals surface area contributed by atoms with Crippen LogP contribution in [0, 0.1) is 24.7 Å². The minimum atomic E-state index is -0.761. The standard InChI is InChI=1S/C14H20O3S/c1-3-9-6-10(11(7-9)14(16)17)13(15)12-5-4-8(2)18-12/h4-5,9-11,13,15H,3,6-7H2,1-2H3,(H,16,17). The highest BCUT2D eigenvalue weighted by Gasteiger charge is 2.42. The van der Waals surface area contributed by atoms with Gasteiger partial charge < -0.3 is 10.2 Å². The molecule has 0 aromatic carbocycles. The lowest BCUT2D eigenvalue weighted by atomic mass is 9.90. The van der Waals surface area contributed by atoms with Crippen LogP contribution in [-0.2, 0) is 4.79 Å². The highest BCUT2D eigenvalue weighted by atomic mass is 32.1. The second-order valence-electron chi connectivity index (χ2n) is 5.25. The molecule has 1 aromatic heterocycles. The van der Waals surface area contributed by atoms with Crippen LogP contribution in [0.4, 0.5) is 0 Å². The van der Waals surface area contributed by atoms with Crippen LogP contribution < -0.4 is 0 Å². The van der Waals surface area contributed by atoms with Crippen molar-refractivity contribution >= 4 is 17.3 Å². The summed E-state index contributed by atoms with van der Waals surface area (Å²) in [7, 11) is 0. The lowest BCUT2D eigenvalue weighted by molar-refractivity contribution is -0.144. The number of thiophene rings is 1. The average Bonchev–Trinajstić information content (AvgIpc) is 2.93. The molecule has 1 aliphatic carbocycles. The maximum atomic E-state index is 11.3. The van der Waals surface area contributed by atoms with Gasteiger partial charge in [0.25, 0.3) is 0 Å². The van der Waals surface area contributed by atoms with E-state index in [1.165, 1.54) is 0 Å². The van der Waals surface area contributed by atoms with Crippen molar-refractivity contribution in [1.29, 1.82) is 0 Å². The third-order valence-corrected chi connectivity index (χ3v) is 5.13. The summed E-state index contributed by atoms with van der Waals surface area (Å²) in [6.45, 7) is 4.09. The molecule has 0 saturated heterocycles. The van der Waals surface area contributed by atoms with Crippen LogP contribution in [0.3, 0.4) is 0 Å². The molecule has 2 N–H and O–H groups in total. The molecule has 4 unspecified atom stereocenters. The lowest BCUT2D eigenvalue weighted by Gasteiger charge is -2.21. The zero-order valence-corrected chi connectivity index (χ0v) is 11.6. The molecule has 1 aromatic rings. The van der Waals surface area contributed by atoms with Gasteiger partial charge in [-0.15, -0.1) is 11.3 Å². The van der Waals surface area contributed by atoms with E-state index in [1.54, 1.807) is 11.3 Å². The number of carboxylic acid groups (broad SMARTS) is 1. The van der Waals surface area contributed by atoms with E-state index in [0.29, 0.717) is 12.3 Å². The zero-order valence-electron chi connectivity index (χ0n) is 10.8. The predicted molar refractivity (Wildman–Crippen MR) is 71.6 cm³/mol. The molecule has 18 heavy (non-hydrogen) atoms. The van der Waals surface area contributed by atoms with Crippen LogP contribution >= 0.6 is 11.3 Å². The molecular formula is C14H20O3S. The quantitative estimate of drug-likeness (QED) is 0.881. The molecule has 0 bridgehead atoms. The highest BCUT2D eigenvalue weighted by Crippen LogP contribution is 2.45. The van der Waals surface area contributed by atoms with Gasteiger partial charge in [0.2, 0.25) is 0 Å². The molecule has 0 radical (unpaired) electrons. The third kappa shape index (κ3) is 2.59. The minimum absolute atomic E-state index is 0.134. The molecule has 0 aliphatic heterocycles. The summed E-state index contributed by atoms with van der Waals surface area (Å²) in [5, 5.41) is 19.7. The molecule has 1 heterocycles. The van der Waals surface area contributed by atoms with E-state index >= 15 is 0 Å². The first-order valence-electron chi connectivity index (χ1n) is 6.50. The van der Waals surface area contributed by atoms with E-state index in [-0.39, 0.29) is 5.92 Å². The van der Waals surface area contributed by atoms with Gasteiger partial charge in [0.05, 0.1) is 12.0 Å². The van der Waals surface area contributed by atoms with E-state index < -0.39 is 18.0 Å². The second kappa shape index (κ2) is 5.41. The highest BCUT2D eigenvalue weighted by molar-refractivity contribution is 7.12. The first-order chi connectivity index (χ1) is 8.52. The van der Waals surface area contributed by atoms with Crippen LogP contribution in [0.5, 0.6) is 0 Å². The normalized spacial score (nSPS) is 29.4. The average molecular weight is 268 g/mol. The molecule has 2 rings (SSSR count). The summed E-state index contributed by atoms with van der Waals surface area (Å²) in [5.41, 5.74) is 0. The van der Waals surface area contributed by atoms with E-state index in [4.69, 9.17) is 0 Å². The summed E-state index contributed by atoms with van der Waals surface area (Å²) in [6.07, 6.45) is 1.90. The van der Waals surface area contributed by atoms with Crippen molar-refractivity contribution in [1.82, 2.24) is 0 Å². The van der Waals surface area contributed by atoms with Gasteiger partial charge in [-0.3, -0.25) is 4.79 Å². The minimum Gasteiger partial charge on any atom is -0.481 e. The Bertz CT molecular complexity index is 426. The molecule has 1 fully saturated rings. The van der Waals surface area contributed by atoms with Crippen LogP contribution in [0.25, 0.3) is 0 Å². The number of hydrogen-bond donors (Lipinski definition) is 2. The fraction of sp³-hybridized carbons (Fsp3) is 0.643. The van der Waals surface area contributed by atoms with E-state index in [0.717, 1.165) is 22.6 Å². The van der Waals surface area contributed by atoms with E-state index in [2.05, 4.69) is 6.92 Å². The van der Waals surface area contributed by atoms with E-state index in [9.17, 15) is 15.0 Å². The number of carboxylic acids is 1. The Balaban J connectivity index is 2.17. The fourth-order valence-electron chi connectivity index (χ4n) is 2.97. The Morgan fingerprint density at radius 1 is 1.50 bits per heavy atom. The monoisotopic (exact) mass is 268 g/mol. The number of carbonyl (C=O) groups is 1. The van der Waals surface area contributed by atoms with Crippen molar-refractivity contribution in [3.8, 4) is 0 Å². The summed E-state index contributed by atoms with van der Waals surface area (Å²) < 4.78 is 0. The lowest BCUT2D eigenvalue weighted by Crippen LogP contribution is -2.23. The van der Waals surface area contributed by atoms with Gasteiger partial charge in [0.15, 0.2) is 0 Å². The van der Waals surface area contributed by atoms with Gasteiger partial charge >= 0.3 is 5.97 Å². The zero-order chi connectivity index (χ0) is 13.3. The van der Waals surface area contributed by atoms with Crippen LogP contribution in [0.15, 0.2) is 12.1 Å². The fourth-order valence-corrected chi connectivity index (χ4v) is 3.91. The van der Waals surface area contributed by atoms with Crippen LogP contribution in [0.2, 0.25) is 0 Å². The van der Waals surface area contributed by atoms with Crippen molar-refractivity contribution in [2.45, 2.75) is 39.2 Å². The molecular weight excluding hydrogens is 248 g/mol. The third-order valence-electron chi connectivity index (χ3n) is 4.06. The first kappa shape index (κ1) is 13.6. The summed E-state index contributed by atoms with van der Waals surface area (Å²) in [5.74, 6) is -0.854. The Morgan fingerprint density at radius 3 is 2.72 bits per heavy atom. The van der Waals surface area contributed by atoms with Crippen LogP contribution in [0.1, 0.15) is 42.0 Å². The van der Waals surface area contributed by atoms with E-state index in [1.807, 2.05) is 19.1 Å². The maximum absolute atomic E-state index is 11.3. The Hall–Kier alpha value is -0.870. The Kier molecular flexibility index (Phi) is 4.07. The van der Waals surface area contributed by atoms with Gasteiger partial charge in [-0.05, 0) is 37.8 Å². The number of aliphatic hydroxyl groups excluding tert-OH is 1. The van der Waals surface area contributed by atoms with Gasteiger partial charge in [0, 0.05) is 15.7 Å². The molecule has 0 spiro atoms.